The first-order valence-corrected chi connectivity index (χ1v) is 10.3. The molecule has 0 bridgehead atoms. The van der Waals surface area contributed by atoms with Crippen molar-refractivity contribution in [2.24, 2.45) is 5.92 Å². The van der Waals surface area contributed by atoms with Crippen LogP contribution in [0.2, 0.25) is 5.02 Å². The fourth-order valence-electron chi connectivity index (χ4n) is 4.73. The topological polar surface area (TPSA) is 23.6 Å². The zero-order valence-corrected chi connectivity index (χ0v) is 17.5. The zero-order chi connectivity index (χ0) is 18.3. The van der Waals surface area contributed by atoms with Crippen molar-refractivity contribution in [2.45, 2.75) is 63.7 Å². The number of halogens is 3. The van der Waals surface area contributed by atoms with Crippen molar-refractivity contribution in [1.82, 2.24) is 9.80 Å². The maximum atomic E-state index is 15.3. The highest BCUT2D eigenvalue weighted by atomic mass is 35.5. The van der Waals surface area contributed by atoms with Crippen LogP contribution >= 0.6 is 24.0 Å². The maximum Gasteiger partial charge on any atom is 0.225 e. The second-order valence-corrected chi connectivity index (χ2v) is 8.78. The number of hydrogen-bond donors (Lipinski definition) is 0. The summed E-state index contributed by atoms with van der Waals surface area (Å²) in [4.78, 5) is 16.8. The lowest BCUT2D eigenvalue weighted by Gasteiger charge is -2.42. The third-order valence-electron chi connectivity index (χ3n) is 6.54. The van der Waals surface area contributed by atoms with Gasteiger partial charge in [-0.2, -0.15) is 0 Å². The molecule has 1 atom stereocenters. The number of nitrogens with zero attached hydrogens (tertiary/aromatic N) is 2. The van der Waals surface area contributed by atoms with Crippen LogP contribution in [0.15, 0.2) is 18.2 Å². The Kier molecular flexibility index (Phi) is 6.39. The van der Waals surface area contributed by atoms with E-state index in [4.69, 9.17) is 11.6 Å². The number of benzene rings is 1. The second kappa shape index (κ2) is 8.26. The molecule has 1 aromatic rings. The lowest BCUT2D eigenvalue weighted by atomic mass is 9.68. The van der Waals surface area contributed by atoms with Gasteiger partial charge in [0.25, 0.3) is 0 Å². The first-order valence-electron chi connectivity index (χ1n) is 9.97. The first kappa shape index (κ1) is 20.9. The summed E-state index contributed by atoms with van der Waals surface area (Å²) >= 11 is 6.48. The maximum absolute atomic E-state index is 15.3. The normalized spacial score (nSPS) is 30.9. The Balaban J connectivity index is 0.00000210. The molecule has 4 rings (SSSR count). The van der Waals surface area contributed by atoms with Crippen LogP contribution in [0.25, 0.3) is 0 Å². The molecule has 27 heavy (non-hydrogen) atoms. The summed E-state index contributed by atoms with van der Waals surface area (Å²) in [6.45, 7) is 5.86. The van der Waals surface area contributed by atoms with Crippen LogP contribution in [0.5, 0.6) is 0 Å². The average Bonchev–Trinajstić information content (AvgIpc) is 3.25. The van der Waals surface area contributed by atoms with Crippen LogP contribution in [0.1, 0.15) is 56.6 Å². The van der Waals surface area contributed by atoms with Crippen LogP contribution in [-0.2, 0) is 17.0 Å². The molecule has 2 saturated heterocycles. The van der Waals surface area contributed by atoms with E-state index < -0.39 is 5.67 Å². The second-order valence-electron chi connectivity index (χ2n) is 8.37. The molecule has 1 saturated carbocycles. The minimum Gasteiger partial charge on any atom is -0.342 e. The largest absolute Gasteiger partial charge is 0.342 e. The molecule has 0 spiro atoms. The Bertz CT molecular complexity index is 687. The van der Waals surface area contributed by atoms with E-state index in [1.54, 1.807) is 6.07 Å². The van der Waals surface area contributed by atoms with E-state index in [0.29, 0.717) is 29.5 Å². The number of amides is 1. The highest BCUT2D eigenvalue weighted by Crippen LogP contribution is 2.50. The van der Waals surface area contributed by atoms with Gasteiger partial charge in [0.05, 0.1) is 0 Å². The van der Waals surface area contributed by atoms with Crippen LogP contribution < -0.4 is 0 Å². The van der Waals surface area contributed by atoms with E-state index in [-0.39, 0.29) is 24.2 Å². The lowest BCUT2D eigenvalue weighted by Crippen LogP contribution is -2.46. The summed E-state index contributed by atoms with van der Waals surface area (Å²) in [7, 11) is 0. The van der Waals surface area contributed by atoms with E-state index in [1.165, 1.54) is 12.8 Å². The Morgan fingerprint density at radius 1 is 1.22 bits per heavy atom. The highest BCUT2D eigenvalue weighted by Gasteiger charge is 2.50. The predicted molar refractivity (Wildman–Crippen MR) is 109 cm³/mol. The standard InChI is InChI=1S/C21H28ClFN2O.ClH/c1-15-5-4-10-25(15)14-16-6-7-18(11-19(16)22)21(23)12-17(13-21)20(26)24-8-2-3-9-24;/h6-7,11,15,17H,2-5,8-10,12-14H2,1H3;1H/t15-,17-,21-;/m1./s1. The smallest absolute Gasteiger partial charge is 0.225 e. The average molecular weight is 415 g/mol. The fourth-order valence-corrected chi connectivity index (χ4v) is 4.97. The summed E-state index contributed by atoms with van der Waals surface area (Å²) in [5.41, 5.74) is 0.298. The summed E-state index contributed by atoms with van der Waals surface area (Å²) in [5, 5.41) is 0.646. The summed E-state index contributed by atoms with van der Waals surface area (Å²) in [5.74, 6) is -0.0245. The van der Waals surface area contributed by atoms with Gasteiger partial charge in [0, 0.05) is 36.6 Å². The van der Waals surface area contributed by atoms with E-state index in [0.717, 1.165) is 44.6 Å². The quantitative estimate of drug-likeness (QED) is 0.695. The Hall–Kier alpha value is -0.840. The molecule has 6 heteroatoms. The Morgan fingerprint density at radius 2 is 1.93 bits per heavy atom. The molecular weight excluding hydrogens is 386 g/mol. The SMILES string of the molecule is C[C@@H]1CCCN1Cc1ccc([C@]2(F)C[C@H](C(=O)N3CCCC3)C2)cc1Cl.Cl. The van der Waals surface area contributed by atoms with Crippen LogP contribution in [-0.4, -0.2) is 41.4 Å². The molecule has 0 N–H and O–H groups in total. The minimum absolute atomic E-state index is 0. The number of likely N-dealkylation sites (tertiary alicyclic amines) is 2. The lowest BCUT2D eigenvalue weighted by molar-refractivity contribution is -0.144. The fraction of sp³-hybridized carbons (Fsp3) is 0.667. The van der Waals surface area contributed by atoms with Gasteiger partial charge in [-0.3, -0.25) is 9.69 Å². The number of hydrogen-bond acceptors (Lipinski definition) is 2. The van der Waals surface area contributed by atoms with Gasteiger partial charge in [-0.25, -0.2) is 4.39 Å². The molecule has 0 unspecified atom stereocenters. The van der Waals surface area contributed by atoms with Gasteiger partial charge in [-0.1, -0.05) is 23.7 Å². The minimum atomic E-state index is -1.40. The number of rotatable bonds is 4. The molecule has 0 aromatic heterocycles. The Labute approximate surface area is 172 Å². The molecule has 0 radical (unpaired) electrons. The van der Waals surface area contributed by atoms with Crippen LogP contribution in [0, 0.1) is 5.92 Å². The van der Waals surface area contributed by atoms with Crippen LogP contribution in [0.4, 0.5) is 4.39 Å². The molecule has 3 aliphatic rings. The first-order chi connectivity index (χ1) is 12.5. The van der Waals surface area contributed by atoms with Crippen molar-refractivity contribution in [3.63, 3.8) is 0 Å². The van der Waals surface area contributed by atoms with Gasteiger partial charge in [-0.05, 0) is 69.2 Å². The molecule has 2 aliphatic heterocycles. The van der Waals surface area contributed by atoms with E-state index in [2.05, 4.69) is 11.8 Å². The van der Waals surface area contributed by atoms with Crippen molar-refractivity contribution in [2.75, 3.05) is 19.6 Å². The molecule has 1 amide bonds. The van der Waals surface area contributed by atoms with Gasteiger partial charge in [0.1, 0.15) is 5.67 Å². The van der Waals surface area contributed by atoms with Gasteiger partial charge in [0.15, 0.2) is 0 Å². The molecule has 2 heterocycles. The monoisotopic (exact) mass is 414 g/mol. The number of alkyl halides is 1. The van der Waals surface area contributed by atoms with Crippen molar-refractivity contribution in [3.8, 4) is 0 Å². The number of carbonyl (C=O) groups is 1. The molecule has 3 fully saturated rings. The molecule has 150 valence electrons. The summed E-state index contributed by atoms with van der Waals surface area (Å²) in [6.07, 6.45) is 5.20. The van der Waals surface area contributed by atoms with Gasteiger partial charge in [0.2, 0.25) is 5.91 Å². The molecule has 3 nitrogen and oxygen atoms in total. The van der Waals surface area contributed by atoms with Crippen molar-refractivity contribution in [3.05, 3.63) is 34.3 Å². The summed E-state index contributed by atoms with van der Waals surface area (Å²) < 4.78 is 15.3. The van der Waals surface area contributed by atoms with E-state index in [1.807, 2.05) is 17.0 Å². The van der Waals surface area contributed by atoms with Gasteiger partial charge < -0.3 is 4.90 Å². The predicted octanol–water partition coefficient (Wildman–Crippen LogP) is 4.94. The van der Waals surface area contributed by atoms with Crippen LogP contribution in [0.3, 0.4) is 0 Å². The zero-order valence-electron chi connectivity index (χ0n) is 15.9. The van der Waals surface area contributed by atoms with Crippen molar-refractivity contribution >= 4 is 29.9 Å². The highest BCUT2D eigenvalue weighted by molar-refractivity contribution is 6.31. The van der Waals surface area contributed by atoms with Gasteiger partial charge >= 0.3 is 0 Å². The van der Waals surface area contributed by atoms with E-state index in [9.17, 15) is 4.79 Å². The summed E-state index contributed by atoms with van der Waals surface area (Å²) in [6, 6.07) is 6.22. The molecule has 1 aliphatic carbocycles. The molecular formula is C21H29Cl2FN2O. The number of carbonyl (C=O) groups excluding carboxylic acids is 1. The Morgan fingerprint density at radius 3 is 2.52 bits per heavy atom. The molecule has 1 aromatic carbocycles. The van der Waals surface area contributed by atoms with Gasteiger partial charge in [-0.15, -0.1) is 12.4 Å². The van der Waals surface area contributed by atoms with E-state index >= 15 is 4.39 Å². The van der Waals surface area contributed by atoms with Crippen molar-refractivity contribution < 1.29 is 9.18 Å². The van der Waals surface area contributed by atoms with Crippen molar-refractivity contribution in [1.29, 1.82) is 0 Å². The third-order valence-corrected chi connectivity index (χ3v) is 6.89. The third kappa shape index (κ3) is 4.13.